The average molecular weight is 188 g/mol. The van der Waals surface area contributed by atoms with Gasteiger partial charge in [-0.25, -0.2) is 0 Å². The molecule has 1 atom stereocenters. The molecular formula is C9H16O4. The van der Waals surface area contributed by atoms with E-state index in [4.69, 9.17) is 18.9 Å². The van der Waals surface area contributed by atoms with Gasteiger partial charge in [0.2, 0.25) is 0 Å². The maximum absolute atomic E-state index is 5.40. The van der Waals surface area contributed by atoms with Gasteiger partial charge in [-0.1, -0.05) is 6.92 Å². The van der Waals surface area contributed by atoms with E-state index in [0.717, 1.165) is 26.2 Å². The van der Waals surface area contributed by atoms with Crippen LogP contribution in [0.25, 0.3) is 0 Å². The Balaban J connectivity index is 1.54. The van der Waals surface area contributed by atoms with Gasteiger partial charge in [-0.05, 0) is 6.42 Å². The summed E-state index contributed by atoms with van der Waals surface area (Å²) in [5, 5.41) is 0. The van der Waals surface area contributed by atoms with Crippen molar-refractivity contribution in [2.75, 3.05) is 33.2 Å². The topological polar surface area (TPSA) is 40.2 Å². The lowest BCUT2D eigenvalue weighted by molar-refractivity contribution is -0.179. The molecule has 0 aliphatic carbocycles. The standard InChI is InChI=1S/C9H16O4/c1-2-9(4-10-5-9)6-11-7-13-8-3-12-8/h8H,2-7H2,1H3. The molecule has 13 heavy (non-hydrogen) atoms. The lowest BCUT2D eigenvalue weighted by Gasteiger charge is -2.40. The molecule has 2 saturated heterocycles. The number of ether oxygens (including phenoxy) is 4. The summed E-state index contributed by atoms with van der Waals surface area (Å²) in [6, 6.07) is 0. The predicted octanol–water partition coefficient (Wildman–Crippen LogP) is 0.760. The van der Waals surface area contributed by atoms with Crippen molar-refractivity contribution < 1.29 is 18.9 Å². The Morgan fingerprint density at radius 2 is 2.23 bits per heavy atom. The van der Waals surface area contributed by atoms with Crippen LogP contribution in [0.3, 0.4) is 0 Å². The zero-order valence-electron chi connectivity index (χ0n) is 7.95. The third-order valence-corrected chi connectivity index (χ3v) is 2.61. The summed E-state index contributed by atoms with van der Waals surface area (Å²) >= 11 is 0. The third-order valence-electron chi connectivity index (χ3n) is 2.61. The maximum Gasteiger partial charge on any atom is 0.183 e. The molecule has 2 aliphatic rings. The second-order valence-corrected chi connectivity index (χ2v) is 3.74. The van der Waals surface area contributed by atoms with Crippen molar-refractivity contribution in [1.82, 2.24) is 0 Å². The first-order valence-corrected chi connectivity index (χ1v) is 4.73. The third kappa shape index (κ3) is 2.40. The van der Waals surface area contributed by atoms with E-state index in [2.05, 4.69) is 6.92 Å². The number of hydrogen-bond donors (Lipinski definition) is 0. The summed E-state index contributed by atoms with van der Waals surface area (Å²) in [5.74, 6) is 0. The number of hydrogen-bond acceptors (Lipinski definition) is 4. The normalized spacial score (nSPS) is 29.8. The fourth-order valence-electron chi connectivity index (χ4n) is 1.30. The van der Waals surface area contributed by atoms with E-state index in [9.17, 15) is 0 Å². The summed E-state index contributed by atoms with van der Waals surface area (Å²) in [5.41, 5.74) is 0.258. The molecule has 0 aromatic rings. The fraction of sp³-hybridized carbons (Fsp3) is 1.00. The Hall–Kier alpha value is -0.160. The quantitative estimate of drug-likeness (QED) is 0.350. The molecule has 0 saturated carbocycles. The Morgan fingerprint density at radius 1 is 1.46 bits per heavy atom. The number of epoxide rings is 1. The van der Waals surface area contributed by atoms with Gasteiger partial charge in [0.05, 0.1) is 19.8 Å². The molecule has 0 spiro atoms. The van der Waals surface area contributed by atoms with Crippen LogP contribution in [0.2, 0.25) is 0 Å². The van der Waals surface area contributed by atoms with Crippen LogP contribution in [-0.4, -0.2) is 39.5 Å². The zero-order chi connectivity index (χ0) is 9.15. The van der Waals surface area contributed by atoms with E-state index >= 15 is 0 Å². The Labute approximate surface area is 78.1 Å². The monoisotopic (exact) mass is 188 g/mol. The van der Waals surface area contributed by atoms with Gasteiger partial charge in [0.1, 0.15) is 13.4 Å². The minimum atomic E-state index is -0.00443. The summed E-state index contributed by atoms with van der Waals surface area (Å²) in [7, 11) is 0. The fourth-order valence-corrected chi connectivity index (χ4v) is 1.30. The van der Waals surface area contributed by atoms with E-state index < -0.39 is 0 Å². The highest BCUT2D eigenvalue weighted by molar-refractivity contribution is 4.83. The molecule has 2 fully saturated rings. The molecule has 2 rings (SSSR count). The first kappa shape index (κ1) is 9.40. The summed E-state index contributed by atoms with van der Waals surface area (Å²) in [6.45, 7) is 5.59. The summed E-state index contributed by atoms with van der Waals surface area (Å²) in [4.78, 5) is 0. The van der Waals surface area contributed by atoms with E-state index in [0.29, 0.717) is 13.4 Å². The molecule has 4 heteroatoms. The van der Waals surface area contributed by atoms with Gasteiger partial charge in [-0.2, -0.15) is 0 Å². The first-order chi connectivity index (χ1) is 6.35. The van der Waals surface area contributed by atoms with Gasteiger partial charge in [0.25, 0.3) is 0 Å². The molecule has 0 N–H and O–H groups in total. The molecule has 1 unspecified atom stereocenters. The molecule has 0 bridgehead atoms. The largest absolute Gasteiger partial charge is 0.380 e. The van der Waals surface area contributed by atoms with E-state index in [1.807, 2.05) is 0 Å². The van der Waals surface area contributed by atoms with Crippen LogP contribution in [-0.2, 0) is 18.9 Å². The minimum absolute atomic E-state index is 0.00443. The van der Waals surface area contributed by atoms with Crippen LogP contribution < -0.4 is 0 Å². The van der Waals surface area contributed by atoms with Crippen LogP contribution >= 0.6 is 0 Å². The predicted molar refractivity (Wildman–Crippen MR) is 45.2 cm³/mol. The lowest BCUT2D eigenvalue weighted by atomic mass is 9.84. The summed E-state index contributed by atoms with van der Waals surface area (Å²) < 4.78 is 20.6. The molecule has 0 radical (unpaired) electrons. The summed E-state index contributed by atoms with van der Waals surface area (Å²) in [6.07, 6.45) is 1.10. The molecule has 76 valence electrons. The van der Waals surface area contributed by atoms with Crippen molar-refractivity contribution in [3.05, 3.63) is 0 Å². The molecule has 2 heterocycles. The van der Waals surface area contributed by atoms with Gasteiger partial charge in [0.15, 0.2) is 6.29 Å². The van der Waals surface area contributed by atoms with Crippen LogP contribution in [0, 0.1) is 5.41 Å². The van der Waals surface area contributed by atoms with Crippen molar-refractivity contribution in [3.63, 3.8) is 0 Å². The first-order valence-electron chi connectivity index (χ1n) is 4.73. The van der Waals surface area contributed by atoms with Crippen molar-refractivity contribution >= 4 is 0 Å². The molecular weight excluding hydrogens is 172 g/mol. The van der Waals surface area contributed by atoms with Gasteiger partial charge >= 0.3 is 0 Å². The van der Waals surface area contributed by atoms with Crippen LogP contribution in [0.1, 0.15) is 13.3 Å². The Kier molecular flexibility index (Phi) is 2.83. The molecule has 0 amide bonds. The second kappa shape index (κ2) is 3.92. The molecule has 4 nitrogen and oxygen atoms in total. The maximum atomic E-state index is 5.40. The van der Waals surface area contributed by atoms with Crippen LogP contribution in [0.5, 0.6) is 0 Å². The minimum Gasteiger partial charge on any atom is -0.380 e. The van der Waals surface area contributed by atoms with Gasteiger partial charge in [-0.15, -0.1) is 0 Å². The Bertz CT molecular complexity index is 157. The van der Waals surface area contributed by atoms with Crippen molar-refractivity contribution in [2.24, 2.45) is 5.41 Å². The van der Waals surface area contributed by atoms with Crippen molar-refractivity contribution in [3.8, 4) is 0 Å². The van der Waals surface area contributed by atoms with Gasteiger partial charge in [-0.3, -0.25) is 0 Å². The van der Waals surface area contributed by atoms with Crippen LogP contribution in [0.4, 0.5) is 0 Å². The SMILES string of the molecule is CCC1(COCOC2CO2)COC1. The van der Waals surface area contributed by atoms with Crippen molar-refractivity contribution in [1.29, 1.82) is 0 Å². The zero-order valence-corrected chi connectivity index (χ0v) is 7.95. The van der Waals surface area contributed by atoms with Gasteiger partial charge in [0, 0.05) is 5.41 Å². The lowest BCUT2D eigenvalue weighted by Crippen LogP contribution is -2.45. The molecule has 0 aromatic heterocycles. The average Bonchev–Trinajstić information content (AvgIpc) is 2.86. The molecule has 0 aromatic carbocycles. The number of rotatable bonds is 6. The highest BCUT2D eigenvalue weighted by Crippen LogP contribution is 2.31. The van der Waals surface area contributed by atoms with E-state index in [-0.39, 0.29) is 11.7 Å². The van der Waals surface area contributed by atoms with Crippen LogP contribution in [0.15, 0.2) is 0 Å². The molecule has 2 aliphatic heterocycles. The van der Waals surface area contributed by atoms with E-state index in [1.165, 1.54) is 0 Å². The smallest absolute Gasteiger partial charge is 0.183 e. The highest BCUT2D eigenvalue weighted by atomic mass is 16.8. The Morgan fingerprint density at radius 3 is 2.69 bits per heavy atom. The highest BCUT2D eigenvalue weighted by Gasteiger charge is 2.37. The van der Waals surface area contributed by atoms with E-state index in [1.54, 1.807) is 0 Å². The second-order valence-electron chi connectivity index (χ2n) is 3.74. The van der Waals surface area contributed by atoms with Crippen molar-refractivity contribution in [2.45, 2.75) is 19.6 Å². The van der Waals surface area contributed by atoms with Gasteiger partial charge < -0.3 is 18.9 Å².